The molecule has 1 aliphatic rings. The summed E-state index contributed by atoms with van der Waals surface area (Å²) in [7, 11) is 1.49. The molecule has 1 atom stereocenters. The zero-order chi connectivity index (χ0) is 32.0. The van der Waals surface area contributed by atoms with E-state index in [1.54, 1.807) is 49.4 Å². The summed E-state index contributed by atoms with van der Waals surface area (Å²) in [4.78, 5) is 46.1. The molecule has 2 heterocycles. The van der Waals surface area contributed by atoms with Crippen LogP contribution in [-0.2, 0) is 14.3 Å². The number of ether oxygens (including phenoxy) is 4. The van der Waals surface area contributed by atoms with Crippen molar-refractivity contribution in [1.82, 2.24) is 4.98 Å². The molecule has 0 saturated carbocycles. The summed E-state index contributed by atoms with van der Waals surface area (Å²) in [6.07, 6.45) is 1.90. The Morgan fingerprint density at radius 3 is 2.43 bits per heavy atom. The number of carbonyl (C=O) groups excluding carboxylic acids is 3. The minimum absolute atomic E-state index is 0.123. The molecule has 1 aliphatic heterocycles. The van der Waals surface area contributed by atoms with Gasteiger partial charge in [0.1, 0.15) is 16.4 Å². The number of anilines is 1. The van der Waals surface area contributed by atoms with Crippen LogP contribution in [0.3, 0.4) is 0 Å². The fourth-order valence-electron chi connectivity index (χ4n) is 4.66. The Morgan fingerprint density at radius 1 is 1.07 bits per heavy atom. The third kappa shape index (κ3) is 6.88. The molecular formula is C33H38N2O8S. The molecule has 4 rings (SSSR count). The molecule has 1 saturated heterocycles. The molecule has 1 fully saturated rings. The Hall–Kier alpha value is -4.38. The van der Waals surface area contributed by atoms with Gasteiger partial charge in [-0.15, -0.1) is 0 Å². The molecule has 11 heteroatoms. The molecule has 0 bridgehead atoms. The smallest absolute Gasteiger partial charge is 0.350 e. The number of esters is 1. The van der Waals surface area contributed by atoms with Gasteiger partial charge in [-0.05, 0) is 68.1 Å². The highest BCUT2D eigenvalue weighted by Crippen LogP contribution is 2.45. The number of ketones is 1. The predicted octanol–water partition coefficient (Wildman–Crippen LogP) is 6.48. The van der Waals surface area contributed by atoms with Gasteiger partial charge in [-0.2, -0.15) is 0 Å². The lowest BCUT2D eigenvalue weighted by molar-refractivity contribution is -0.132. The van der Waals surface area contributed by atoms with Crippen LogP contribution in [0.2, 0.25) is 0 Å². The molecule has 10 nitrogen and oxygen atoms in total. The second-order valence-electron chi connectivity index (χ2n) is 10.6. The van der Waals surface area contributed by atoms with E-state index in [-0.39, 0.29) is 33.9 Å². The number of hydrogen-bond acceptors (Lipinski definition) is 10. The van der Waals surface area contributed by atoms with Gasteiger partial charge in [0.05, 0.1) is 44.2 Å². The van der Waals surface area contributed by atoms with E-state index in [0.717, 1.165) is 24.2 Å². The molecule has 0 aliphatic carbocycles. The number of unbranched alkanes of at least 4 members (excludes halogenated alkanes) is 1. The number of benzene rings is 2. The molecule has 1 amide bonds. The first kappa shape index (κ1) is 32.5. The molecule has 2 aromatic carbocycles. The van der Waals surface area contributed by atoms with E-state index in [0.29, 0.717) is 47.3 Å². The molecule has 1 aromatic heterocycles. The van der Waals surface area contributed by atoms with E-state index in [1.165, 1.54) is 12.0 Å². The zero-order valence-electron chi connectivity index (χ0n) is 25.8. The van der Waals surface area contributed by atoms with E-state index < -0.39 is 23.7 Å². The predicted molar refractivity (Wildman–Crippen MR) is 168 cm³/mol. The van der Waals surface area contributed by atoms with Gasteiger partial charge in [-0.25, -0.2) is 9.78 Å². The van der Waals surface area contributed by atoms with Crippen molar-refractivity contribution in [3.8, 4) is 17.2 Å². The van der Waals surface area contributed by atoms with Crippen LogP contribution in [-0.4, -0.2) is 54.7 Å². The summed E-state index contributed by atoms with van der Waals surface area (Å²) in [5.74, 6) is -1.06. The number of aromatic nitrogens is 1. The third-order valence-corrected chi connectivity index (χ3v) is 8.00. The minimum atomic E-state index is -1.08. The molecule has 234 valence electrons. The maximum absolute atomic E-state index is 13.7. The fourth-order valence-corrected chi connectivity index (χ4v) is 5.64. The lowest BCUT2D eigenvalue weighted by atomic mass is 9.95. The van der Waals surface area contributed by atoms with Crippen molar-refractivity contribution in [1.29, 1.82) is 0 Å². The molecule has 1 N–H and O–H groups in total. The van der Waals surface area contributed by atoms with E-state index in [9.17, 15) is 19.5 Å². The summed E-state index contributed by atoms with van der Waals surface area (Å²) in [5.41, 5.74) is 1.05. The number of rotatable bonds is 13. The average Bonchev–Trinajstić information content (AvgIpc) is 3.52. The van der Waals surface area contributed by atoms with Gasteiger partial charge in [0.2, 0.25) is 0 Å². The molecule has 3 aromatic rings. The number of carbonyl (C=O) groups is 3. The van der Waals surface area contributed by atoms with Crippen LogP contribution in [0.4, 0.5) is 5.13 Å². The number of amides is 1. The summed E-state index contributed by atoms with van der Waals surface area (Å²) in [6, 6.07) is 10.6. The fraction of sp³-hybridized carbons (Fsp3) is 0.394. The van der Waals surface area contributed by atoms with Crippen molar-refractivity contribution in [2.75, 3.05) is 31.8 Å². The SMILES string of the molecule is CCCCOc1ccc(C(O)=C2C(=O)C(=O)N(c3nc(C)c(C(=O)OCC(C)C)s3)[C@@H]2c2ccc(OCC)c(OC)c2)cc1. The van der Waals surface area contributed by atoms with Crippen molar-refractivity contribution in [2.45, 2.75) is 53.5 Å². The van der Waals surface area contributed by atoms with Gasteiger partial charge in [-0.1, -0.05) is 44.6 Å². The molecule has 0 radical (unpaired) electrons. The second kappa shape index (κ2) is 14.4. The lowest BCUT2D eigenvalue weighted by Gasteiger charge is -2.24. The van der Waals surface area contributed by atoms with Gasteiger partial charge in [0, 0.05) is 5.56 Å². The molecular weight excluding hydrogens is 584 g/mol. The first-order chi connectivity index (χ1) is 21.1. The van der Waals surface area contributed by atoms with Gasteiger partial charge < -0.3 is 24.1 Å². The highest BCUT2D eigenvalue weighted by Gasteiger charge is 2.48. The number of hydrogen-bond donors (Lipinski definition) is 1. The van der Waals surface area contributed by atoms with Crippen LogP contribution in [0.15, 0.2) is 48.0 Å². The monoisotopic (exact) mass is 622 g/mol. The first-order valence-electron chi connectivity index (χ1n) is 14.6. The molecule has 0 spiro atoms. The largest absolute Gasteiger partial charge is 0.507 e. The number of aryl methyl sites for hydroxylation is 1. The summed E-state index contributed by atoms with van der Waals surface area (Å²) < 4.78 is 22.3. The molecule has 0 unspecified atom stereocenters. The number of Topliss-reactive ketones (excluding diaryl/α,β-unsaturated/α-hetero) is 1. The number of nitrogens with zero attached hydrogens (tertiary/aromatic N) is 2. The number of thiazole rings is 1. The average molecular weight is 623 g/mol. The van der Waals surface area contributed by atoms with E-state index in [4.69, 9.17) is 18.9 Å². The van der Waals surface area contributed by atoms with Crippen LogP contribution in [0.1, 0.15) is 73.1 Å². The van der Waals surface area contributed by atoms with Crippen molar-refractivity contribution in [3.63, 3.8) is 0 Å². The number of aliphatic hydroxyl groups is 1. The Morgan fingerprint density at radius 2 is 1.80 bits per heavy atom. The lowest BCUT2D eigenvalue weighted by Crippen LogP contribution is -2.29. The van der Waals surface area contributed by atoms with Crippen molar-refractivity contribution >= 4 is 39.9 Å². The Labute approximate surface area is 261 Å². The number of methoxy groups -OCH3 is 1. The topological polar surface area (TPSA) is 124 Å². The maximum Gasteiger partial charge on any atom is 0.350 e. The normalized spacial score (nSPS) is 16.0. The van der Waals surface area contributed by atoms with Gasteiger partial charge in [0.15, 0.2) is 16.6 Å². The maximum atomic E-state index is 13.7. The second-order valence-corrected chi connectivity index (χ2v) is 11.6. The highest BCUT2D eigenvalue weighted by atomic mass is 32.1. The molecule has 44 heavy (non-hydrogen) atoms. The van der Waals surface area contributed by atoms with E-state index in [1.807, 2.05) is 20.8 Å². The van der Waals surface area contributed by atoms with E-state index in [2.05, 4.69) is 11.9 Å². The standard InChI is InChI=1S/C33H38N2O8S/c1-7-9-16-42-23-13-10-21(11-14-23)28(36)26-27(22-12-15-24(41-8-2)25(17-22)40-6)35(31(38)29(26)37)33-34-20(5)30(44-33)32(39)43-18-19(3)4/h10-15,17,19,27,36H,7-9,16,18H2,1-6H3/t27-/m1/s1. The van der Waals surface area contributed by atoms with Crippen LogP contribution < -0.4 is 19.1 Å². The van der Waals surface area contributed by atoms with Gasteiger partial charge >= 0.3 is 11.9 Å². The minimum Gasteiger partial charge on any atom is -0.507 e. The first-order valence-corrected chi connectivity index (χ1v) is 15.4. The third-order valence-electron chi connectivity index (χ3n) is 6.87. The van der Waals surface area contributed by atoms with Crippen LogP contribution in [0, 0.1) is 12.8 Å². The summed E-state index contributed by atoms with van der Waals surface area (Å²) >= 11 is 0.953. The van der Waals surface area contributed by atoms with E-state index >= 15 is 0 Å². The Balaban J connectivity index is 1.83. The van der Waals surface area contributed by atoms with Crippen molar-refractivity contribution in [2.24, 2.45) is 5.92 Å². The highest BCUT2D eigenvalue weighted by molar-refractivity contribution is 7.17. The van der Waals surface area contributed by atoms with Crippen molar-refractivity contribution in [3.05, 3.63) is 69.7 Å². The van der Waals surface area contributed by atoms with Gasteiger partial charge in [0.25, 0.3) is 5.78 Å². The van der Waals surface area contributed by atoms with Gasteiger partial charge in [-0.3, -0.25) is 14.5 Å². The zero-order valence-corrected chi connectivity index (χ0v) is 26.7. The van der Waals surface area contributed by atoms with Crippen LogP contribution >= 0.6 is 11.3 Å². The van der Waals surface area contributed by atoms with Crippen LogP contribution in [0.5, 0.6) is 17.2 Å². The number of aliphatic hydroxyl groups excluding tert-OH is 1. The summed E-state index contributed by atoms with van der Waals surface area (Å²) in [5, 5.41) is 11.7. The Bertz CT molecular complexity index is 1540. The van der Waals surface area contributed by atoms with Crippen molar-refractivity contribution < 1.29 is 38.4 Å². The van der Waals surface area contributed by atoms with Crippen LogP contribution in [0.25, 0.3) is 5.76 Å². The Kier molecular flexibility index (Phi) is 10.6. The summed E-state index contributed by atoms with van der Waals surface area (Å²) in [6.45, 7) is 10.6. The quantitative estimate of drug-likeness (QED) is 0.0750.